The molecule has 0 heterocycles. The van der Waals surface area contributed by atoms with Crippen LogP contribution in [-0.4, -0.2) is 26.9 Å². The number of ether oxygens (including phenoxy) is 3. The van der Waals surface area contributed by atoms with Gasteiger partial charge in [0.05, 0.1) is 26.6 Å². The Balaban J connectivity index is 0.00000392. The Hall–Kier alpha value is -1.46. The Bertz CT molecular complexity index is 814. The summed E-state index contributed by atoms with van der Waals surface area (Å²) in [4.78, 5) is 13.2. The van der Waals surface area contributed by atoms with Crippen molar-refractivity contribution < 1.29 is 39.3 Å². The molecule has 0 N–H and O–H groups in total. The molecule has 2 aromatic rings. The zero-order valence-electron chi connectivity index (χ0n) is 19.4. The topological polar surface area (TPSA) is 44.8 Å². The van der Waals surface area contributed by atoms with Crippen molar-refractivity contribution in [1.29, 1.82) is 0 Å². The van der Waals surface area contributed by atoms with E-state index in [0.29, 0.717) is 17.2 Å². The summed E-state index contributed by atoms with van der Waals surface area (Å²) in [5.74, 6) is 1.82. The Morgan fingerprint density at radius 3 is 1.71 bits per heavy atom. The summed E-state index contributed by atoms with van der Waals surface area (Å²) in [5, 5.41) is 0.754. The SMILES string of the molecule is COc1cc(OC)c(PC(=O)c2c(C)cc(C(C)(C)C)cc2C)c(OC)c1.[H-].[Li+]. The van der Waals surface area contributed by atoms with E-state index in [9.17, 15) is 4.79 Å². The van der Waals surface area contributed by atoms with Gasteiger partial charge in [0.1, 0.15) is 17.2 Å². The first kappa shape index (κ1) is 24.6. The van der Waals surface area contributed by atoms with Crippen LogP contribution < -0.4 is 38.4 Å². The maximum atomic E-state index is 13.2. The summed E-state index contributed by atoms with van der Waals surface area (Å²) in [6.07, 6.45) is 0. The van der Waals surface area contributed by atoms with Crippen LogP contribution in [0.25, 0.3) is 0 Å². The molecule has 0 aliphatic carbocycles. The number of carbonyl (C=O) groups is 1. The molecule has 0 fully saturated rings. The first-order valence-corrected chi connectivity index (χ1v) is 9.85. The molecule has 6 heteroatoms. The van der Waals surface area contributed by atoms with Gasteiger partial charge < -0.3 is 15.6 Å². The second-order valence-corrected chi connectivity index (χ2v) is 8.80. The Kier molecular flexibility index (Phi) is 8.63. The molecule has 1 atom stereocenters. The van der Waals surface area contributed by atoms with Crippen LogP contribution in [0.2, 0.25) is 0 Å². The third-order valence-corrected chi connectivity index (χ3v) is 5.80. The molecule has 0 aliphatic rings. The van der Waals surface area contributed by atoms with Gasteiger partial charge in [0.2, 0.25) is 0 Å². The van der Waals surface area contributed by atoms with Crippen molar-refractivity contribution in [3.05, 3.63) is 46.5 Å². The fourth-order valence-corrected chi connectivity index (χ4v) is 4.40. The minimum atomic E-state index is -0.103. The number of aryl methyl sites for hydroxylation is 2. The molecular formula is C22H30LiO4P. The van der Waals surface area contributed by atoms with E-state index in [-0.39, 0.29) is 39.8 Å². The summed E-state index contributed by atoms with van der Waals surface area (Å²) in [5.41, 5.74) is 4.14. The van der Waals surface area contributed by atoms with Crippen LogP contribution in [-0.2, 0) is 5.41 Å². The van der Waals surface area contributed by atoms with Gasteiger partial charge in [0.15, 0.2) is 5.52 Å². The van der Waals surface area contributed by atoms with Crippen molar-refractivity contribution in [2.24, 2.45) is 0 Å². The van der Waals surface area contributed by atoms with Gasteiger partial charge in [-0.2, -0.15) is 0 Å². The molecular weight excluding hydrogens is 366 g/mol. The molecule has 0 aliphatic heterocycles. The second-order valence-electron chi connectivity index (χ2n) is 7.60. The third-order valence-electron chi connectivity index (χ3n) is 4.58. The Morgan fingerprint density at radius 2 is 1.36 bits per heavy atom. The summed E-state index contributed by atoms with van der Waals surface area (Å²) in [7, 11) is 4.65. The zero-order valence-corrected chi connectivity index (χ0v) is 19.4. The van der Waals surface area contributed by atoms with Crippen molar-refractivity contribution in [3.8, 4) is 17.2 Å². The predicted molar refractivity (Wildman–Crippen MR) is 114 cm³/mol. The summed E-state index contributed by atoms with van der Waals surface area (Å²) in [6.45, 7) is 10.5. The van der Waals surface area contributed by atoms with Gasteiger partial charge in [0, 0.05) is 17.7 Å². The molecule has 0 saturated carbocycles. The average Bonchev–Trinajstić information content (AvgIpc) is 2.60. The predicted octanol–water partition coefficient (Wildman–Crippen LogP) is 1.89. The minimum absolute atomic E-state index is 0. The number of rotatable bonds is 6. The molecule has 2 aromatic carbocycles. The van der Waals surface area contributed by atoms with Crippen LogP contribution in [0, 0.1) is 13.8 Å². The zero-order chi connectivity index (χ0) is 20.4. The quantitative estimate of drug-likeness (QED) is 0.553. The van der Waals surface area contributed by atoms with Gasteiger partial charge in [-0.25, -0.2) is 0 Å². The minimum Gasteiger partial charge on any atom is -1.00 e. The average molecular weight is 396 g/mol. The summed E-state index contributed by atoms with van der Waals surface area (Å²) in [6, 6.07) is 7.79. The number of hydrogen-bond acceptors (Lipinski definition) is 4. The van der Waals surface area contributed by atoms with Crippen LogP contribution in [0.1, 0.15) is 49.2 Å². The van der Waals surface area contributed by atoms with Crippen LogP contribution in [0.4, 0.5) is 0 Å². The Labute approximate surface area is 183 Å². The van der Waals surface area contributed by atoms with Crippen molar-refractivity contribution in [1.82, 2.24) is 0 Å². The van der Waals surface area contributed by atoms with Gasteiger partial charge in [-0.05, 0) is 44.5 Å². The largest absolute Gasteiger partial charge is 1.00 e. The van der Waals surface area contributed by atoms with Gasteiger partial charge in [-0.1, -0.05) is 32.9 Å². The monoisotopic (exact) mass is 396 g/mol. The number of methoxy groups -OCH3 is 3. The third kappa shape index (κ3) is 5.32. The van der Waals surface area contributed by atoms with E-state index < -0.39 is 0 Å². The fourth-order valence-electron chi connectivity index (χ4n) is 3.06. The molecule has 0 aromatic heterocycles. The van der Waals surface area contributed by atoms with Crippen molar-refractivity contribution in [2.45, 2.75) is 40.0 Å². The fraction of sp³-hybridized carbons (Fsp3) is 0.409. The molecule has 2 rings (SSSR count). The maximum Gasteiger partial charge on any atom is 1.00 e. The van der Waals surface area contributed by atoms with Crippen LogP contribution >= 0.6 is 8.58 Å². The van der Waals surface area contributed by atoms with E-state index >= 15 is 0 Å². The van der Waals surface area contributed by atoms with Gasteiger partial charge >= 0.3 is 18.9 Å². The van der Waals surface area contributed by atoms with Crippen molar-refractivity contribution in [3.63, 3.8) is 0 Å². The van der Waals surface area contributed by atoms with E-state index in [4.69, 9.17) is 14.2 Å². The van der Waals surface area contributed by atoms with E-state index in [1.807, 2.05) is 13.8 Å². The molecule has 0 amide bonds. The molecule has 4 nitrogen and oxygen atoms in total. The van der Waals surface area contributed by atoms with Gasteiger partial charge in [-0.3, -0.25) is 4.79 Å². The van der Waals surface area contributed by atoms with Crippen LogP contribution in [0.3, 0.4) is 0 Å². The van der Waals surface area contributed by atoms with Crippen LogP contribution in [0.15, 0.2) is 24.3 Å². The van der Waals surface area contributed by atoms with E-state index in [0.717, 1.165) is 22.0 Å². The van der Waals surface area contributed by atoms with Crippen molar-refractivity contribution in [2.75, 3.05) is 21.3 Å². The molecule has 148 valence electrons. The molecule has 0 spiro atoms. The maximum absolute atomic E-state index is 13.2. The molecule has 0 radical (unpaired) electrons. The van der Waals surface area contributed by atoms with Gasteiger partial charge in [0.25, 0.3) is 0 Å². The number of carbonyl (C=O) groups excluding carboxylic acids is 1. The summed E-state index contributed by atoms with van der Waals surface area (Å²) < 4.78 is 16.3. The first-order valence-electron chi connectivity index (χ1n) is 8.85. The van der Waals surface area contributed by atoms with Crippen LogP contribution in [0.5, 0.6) is 17.2 Å². The Morgan fingerprint density at radius 1 is 0.893 bits per heavy atom. The van der Waals surface area contributed by atoms with E-state index in [1.165, 1.54) is 5.56 Å². The van der Waals surface area contributed by atoms with Crippen molar-refractivity contribution >= 4 is 19.4 Å². The summed E-state index contributed by atoms with van der Waals surface area (Å²) >= 11 is 0. The molecule has 1 unspecified atom stereocenters. The number of benzene rings is 2. The first-order chi connectivity index (χ1) is 12.6. The molecule has 0 bridgehead atoms. The van der Waals surface area contributed by atoms with Gasteiger partial charge in [-0.15, -0.1) is 0 Å². The van der Waals surface area contributed by atoms with E-state index in [2.05, 4.69) is 32.9 Å². The number of hydrogen-bond donors (Lipinski definition) is 0. The molecule has 0 saturated heterocycles. The van der Waals surface area contributed by atoms with E-state index in [1.54, 1.807) is 33.5 Å². The molecule has 28 heavy (non-hydrogen) atoms. The smallest absolute Gasteiger partial charge is 1.00 e. The second kappa shape index (κ2) is 9.84. The standard InChI is InChI=1S/C22H29O4P.Li.H/c1-13-9-15(22(3,4)5)10-14(2)19(13)21(23)27-20-17(25-7)11-16(24-6)12-18(20)26-8;;/h9-12,27H,1-8H3;;/q;+1;-1. The normalized spacial score (nSPS) is 11.3.